The van der Waals surface area contributed by atoms with Crippen LogP contribution in [0.1, 0.15) is 22.9 Å². The van der Waals surface area contributed by atoms with E-state index in [1.54, 1.807) is 28.1 Å². The number of para-hydroxylation sites is 1. The Balaban J connectivity index is 1.64. The van der Waals surface area contributed by atoms with Crippen LogP contribution in [0, 0.1) is 0 Å². The Morgan fingerprint density at radius 2 is 2.04 bits per heavy atom. The van der Waals surface area contributed by atoms with Gasteiger partial charge in [0.2, 0.25) is 0 Å². The van der Waals surface area contributed by atoms with E-state index in [0.29, 0.717) is 6.42 Å². The van der Waals surface area contributed by atoms with E-state index in [9.17, 15) is 4.79 Å². The zero-order valence-corrected chi connectivity index (χ0v) is 16.8. The van der Waals surface area contributed by atoms with E-state index in [2.05, 4.69) is 28.8 Å². The van der Waals surface area contributed by atoms with Crippen molar-refractivity contribution in [3.63, 3.8) is 0 Å². The molecule has 27 heavy (non-hydrogen) atoms. The van der Waals surface area contributed by atoms with E-state index < -0.39 is 0 Å². The number of thioether (sulfide) groups is 1. The molecule has 1 aromatic carbocycles. The number of anilines is 1. The average Bonchev–Trinajstić information content (AvgIpc) is 3.41. The summed E-state index contributed by atoms with van der Waals surface area (Å²) in [5.74, 6) is 0. The normalized spacial score (nSPS) is 16.4. The first-order valence-electron chi connectivity index (χ1n) is 8.63. The van der Waals surface area contributed by atoms with Crippen molar-refractivity contribution in [2.24, 2.45) is 12.1 Å². The van der Waals surface area contributed by atoms with Crippen molar-refractivity contribution >= 4 is 40.5 Å². The minimum Gasteiger partial charge on any atom is -0.357 e. The number of aryl methyl sites for hydroxylation is 1. The van der Waals surface area contributed by atoms with Gasteiger partial charge < -0.3 is 9.88 Å². The number of hydrogen-bond donors (Lipinski definition) is 1. The second kappa shape index (κ2) is 7.62. The number of aromatic nitrogens is 1. The Kier molecular flexibility index (Phi) is 5.05. The molecule has 0 spiro atoms. The fourth-order valence-electron chi connectivity index (χ4n) is 3.09. The molecule has 3 aromatic rings. The molecule has 0 radical (unpaired) electrons. The van der Waals surface area contributed by atoms with Gasteiger partial charge in [-0.1, -0.05) is 18.2 Å². The number of hydrazone groups is 1. The van der Waals surface area contributed by atoms with Crippen molar-refractivity contribution in [3.8, 4) is 0 Å². The van der Waals surface area contributed by atoms with Gasteiger partial charge in [0, 0.05) is 42.0 Å². The smallest absolute Gasteiger partial charge is 0.342 e. The number of amides is 2. The summed E-state index contributed by atoms with van der Waals surface area (Å²) >= 11 is 3.44. The molecule has 0 fully saturated rings. The summed E-state index contributed by atoms with van der Waals surface area (Å²) in [5, 5.41) is 9.23. The van der Waals surface area contributed by atoms with Crippen molar-refractivity contribution < 1.29 is 4.79 Å². The fourth-order valence-corrected chi connectivity index (χ4v) is 4.74. The molecule has 138 valence electrons. The molecule has 7 heteroatoms. The lowest BCUT2D eigenvalue weighted by Gasteiger charge is -2.21. The molecular weight excluding hydrogens is 376 g/mol. The molecule has 3 heterocycles. The van der Waals surface area contributed by atoms with Crippen LogP contribution in [-0.2, 0) is 7.05 Å². The minimum absolute atomic E-state index is 0.0881. The zero-order chi connectivity index (χ0) is 18.8. The van der Waals surface area contributed by atoms with Crippen LogP contribution in [0.3, 0.4) is 0 Å². The molecule has 5 nitrogen and oxygen atoms in total. The van der Waals surface area contributed by atoms with Gasteiger partial charge in [-0.15, -0.1) is 23.1 Å². The lowest BCUT2D eigenvalue weighted by molar-refractivity contribution is 0.201. The first-order valence-corrected chi connectivity index (χ1v) is 10.7. The first-order chi connectivity index (χ1) is 13.1. The van der Waals surface area contributed by atoms with Gasteiger partial charge in [0.05, 0.1) is 16.0 Å². The Morgan fingerprint density at radius 1 is 1.22 bits per heavy atom. The first kappa shape index (κ1) is 17.9. The van der Waals surface area contributed by atoms with Gasteiger partial charge in [-0.2, -0.15) is 5.10 Å². The molecule has 1 aliphatic heterocycles. The molecule has 0 aliphatic carbocycles. The molecule has 1 N–H and O–H groups in total. The molecule has 0 bridgehead atoms. The van der Waals surface area contributed by atoms with Gasteiger partial charge in [-0.25, -0.2) is 9.80 Å². The van der Waals surface area contributed by atoms with Crippen LogP contribution < -0.4 is 5.32 Å². The zero-order valence-electron chi connectivity index (χ0n) is 15.1. The van der Waals surface area contributed by atoms with E-state index in [1.807, 2.05) is 60.4 Å². The summed E-state index contributed by atoms with van der Waals surface area (Å²) in [6.07, 6.45) is 6.81. The van der Waals surface area contributed by atoms with Crippen LogP contribution in [0.25, 0.3) is 0 Å². The summed E-state index contributed by atoms with van der Waals surface area (Å²) in [6.45, 7) is 0. The molecule has 1 unspecified atom stereocenters. The van der Waals surface area contributed by atoms with Crippen molar-refractivity contribution in [1.29, 1.82) is 0 Å². The van der Waals surface area contributed by atoms with Crippen LogP contribution in [0.5, 0.6) is 0 Å². The second-order valence-corrected chi connectivity index (χ2v) is 8.56. The number of nitrogens with zero attached hydrogens (tertiary/aromatic N) is 3. The number of carbonyl (C=O) groups excluding carboxylic acids is 1. The van der Waals surface area contributed by atoms with E-state index in [4.69, 9.17) is 0 Å². The monoisotopic (exact) mass is 396 g/mol. The maximum atomic E-state index is 13.0. The molecule has 4 rings (SSSR count). The predicted molar refractivity (Wildman–Crippen MR) is 113 cm³/mol. The highest BCUT2D eigenvalue weighted by Gasteiger charge is 2.34. The third kappa shape index (κ3) is 3.79. The number of benzene rings is 1. The minimum atomic E-state index is -0.212. The van der Waals surface area contributed by atoms with E-state index >= 15 is 0 Å². The maximum absolute atomic E-state index is 13.0. The Bertz CT molecular complexity index is 977. The average molecular weight is 397 g/mol. The lowest BCUT2D eigenvalue weighted by atomic mass is 10.1. The van der Waals surface area contributed by atoms with E-state index in [1.165, 1.54) is 4.21 Å². The highest BCUT2D eigenvalue weighted by atomic mass is 32.2. The van der Waals surface area contributed by atoms with E-state index in [0.717, 1.165) is 21.8 Å². The highest BCUT2D eigenvalue weighted by Crippen LogP contribution is 2.38. The number of rotatable bonds is 4. The lowest BCUT2D eigenvalue weighted by Crippen LogP contribution is -2.31. The number of thiophene rings is 1. The highest BCUT2D eigenvalue weighted by molar-refractivity contribution is 8.00. The van der Waals surface area contributed by atoms with Crippen LogP contribution in [0.4, 0.5) is 10.5 Å². The van der Waals surface area contributed by atoms with Gasteiger partial charge in [0.1, 0.15) is 0 Å². The number of carbonyl (C=O) groups is 1. The van der Waals surface area contributed by atoms with Crippen molar-refractivity contribution in [3.05, 3.63) is 71.4 Å². The largest absolute Gasteiger partial charge is 0.357 e. The summed E-state index contributed by atoms with van der Waals surface area (Å²) in [4.78, 5) is 14.1. The molecule has 1 atom stereocenters. The quantitative estimate of drug-likeness (QED) is 0.617. The van der Waals surface area contributed by atoms with Crippen LogP contribution >= 0.6 is 23.1 Å². The second-order valence-electron chi connectivity index (χ2n) is 6.33. The van der Waals surface area contributed by atoms with Crippen LogP contribution in [-0.4, -0.2) is 27.6 Å². The predicted octanol–water partition coefficient (Wildman–Crippen LogP) is 5.19. The molecule has 1 aliphatic rings. The number of nitrogens with one attached hydrogen (secondary N) is 1. The molecule has 2 amide bonds. The Morgan fingerprint density at radius 3 is 2.70 bits per heavy atom. The summed E-state index contributed by atoms with van der Waals surface area (Å²) in [6, 6.07) is 15.4. The molecule has 2 aromatic heterocycles. The summed E-state index contributed by atoms with van der Waals surface area (Å²) < 4.78 is 3.23. The summed E-state index contributed by atoms with van der Waals surface area (Å²) in [5.41, 5.74) is 2.75. The number of urea groups is 1. The molecule has 0 saturated carbocycles. The maximum Gasteiger partial charge on any atom is 0.342 e. The third-order valence-electron chi connectivity index (χ3n) is 4.44. The van der Waals surface area contributed by atoms with Crippen LogP contribution in [0.15, 0.2) is 70.2 Å². The van der Waals surface area contributed by atoms with Gasteiger partial charge >= 0.3 is 6.03 Å². The van der Waals surface area contributed by atoms with Crippen LogP contribution in [0.2, 0.25) is 0 Å². The number of hydrogen-bond acceptors (Lipinski definition) is 4. The van der Waals surface area contributed by atoms with Gasteiger partial charge in [-0.3, -0.25) is 0 Å². The Labute approximate surface area is 166 Å². The fraction of sp³-hybridized carbons (Fsp3) is 0.200. The molecular formula is C20H20N4OS2. The van der Waals surface area contributed by atoms with Gasteiger partial charge in [-0.05, 0) is 36.6 Å². The van der Waals surface area contributed by atoms with Gasteiger partial charge in [0.25, 0.3) is 0 Å². The van der Waals surface area contributed by atoms with Gasteiger partial charge in [0.15, 0.2) is 0 Å². The standard InChI is InChI=1S/C20H20N4OS2/c1-23-11-10-14(13-23)16-12-17(18-8-9-19(26-2)27-18)24(22-16)20(25)21-15-6-4-3-5-7-15/h3-11,13,17H,12H2,1-2H3,(H,21,25). The Hall–Kier alpha value is -2.51. The third-order valence-corrected chi connectivity index (χ3v) is 6.71. The van der Waals surface area contributed by atoms with E-state index in [-0.39, 0.29) is 12.1 Å². The van der Waals surface area contributed by atoms with Crippen molar-refractivity contribution in [2.45, 2.75) is 16.7 Å². The van der Waals surface area contributed by atoms with Crippen molar-refractivity contribution in [2.75, 3.05) is 11.6 Å². The SMILES string of the molecule is CSc1ccc(C2CC(c3ccn(C)c3)=NN2C(=O)Nc2ccccc2)s1. The van der Waals surface area contributed by atoms with Crippen molar-refractivity contribution in [1.82, 2.24) is 9.58 Å². The summed E-state index contributed by atoms with van der Waals surface area (Å²) in [7, 11) is 1.99. The topological polar surface area (TPSA) is 49.6 Å². The molecule has 0 saturated heterocycles.